The summed E-state index contributed by atoms with van der Waals surface area (Å²) in [5.74, 6) is -0.159. The molecule has 0 aliphatic rings. The van der Waals surface area contributed by atoms with Crippen LogP contribution >= 0.6 is 0 Å². The van der Waals surface area contributed by atoms with Crippen LogP contribution < -0.4 is 5.32 Å². The van der Waals surface area contributed by atoms with Gasteiger partial charge in [0, 0.05) is 40.8 Å². The highest BCUT2D eigenvalue weighted by Crippen LogP contribution is 2.27. The van der Waals surface area contributed by atoms with Crippen molar-refractivity contribution >= 4 is 28.5 Å². The molecule has 1 amide bonds. The molecule has 9 heteroatoms. The van der Waals surface area contributed by atoms with Crippen LogP contribution in [-0.4, -0.2) is 41.0 Å². The van der Waals surface area contributed by atoms with Gasteiger partial charge in [-0.3, -0.25) is 14.3 Å². The van der Waals surface area contributed by atoms with Crippen molar-refractivity contribution < 1.29 is 9.59 Å². The molecule has 1 N–H and O–H groups in total. The fourth-order valence-electron chi connectivity index (χ4n) is 3.61. The minimum atomic E-state index is -0.272. The first-order chi connectivity index (χ1) is 15.1. The number of pyridine rings is 1. The lowest BCUT2D eigenvalue weighted by molar-refractivity contribution is -0.117. The molecule has 0 radical (unpaired) electrons. The number of rotatable bonds is 5. The number of aryl methyl sites for hydroxylation is 2. The minimum absolute atomic E-state index is 0.0654. The van der Waals surface area contributed by atoms with E-state index in [2.05, 4.69) is 25.4 Å². The number of fused-ring (bicyclic) bond motifs is 1. The highest BCUT2D eigenvalue weighted by molar-refractivity contribution is 6.16. The number of hydrogen-bond donors (Lipinski definition) is 1. The summed E-state index contributed by atoms with van der Waals surface area (Å²) >= 11 is 0. The Bertz CT molecular complexity index is 1330. The van der Waals surface area contributed by atoms with Crippen LogP contribution in [0.15, 0.2) is 43.1 Å². The summed E-state index contributed by atoms with van der Waals surface area (Å²) in [4.78, 5) is 38.5. The molecule has 0 bridgehead atoms. The maximum absolute atomic E-state index is 13.4. The second kappa shape index (κ2) is 7.99. The Morgan fingerprint density at radius 1 is 1.12 bits per heavy atom. The molecule has 4 rings (SSSR count). The number of nitrogens with one attached hydrogen (secondary N) is 1. The fraction of sp³-hybridized carbons (Fsp3) is 0.304. The van der Waals surface area contributed by atoms with Gasteiger partial charge in [-0.25, -0.2) is 15.0 Å². The van der Waals surface area contributed by atoms with Crippen LogP contribution in [0.4, 0.5) is 5.82 Å². The third kappa shape index (κ3) is 4.14. The zero-order valence-corrected chi connectivity index (χ0v) is 18.7. The number of ketones is 1. The van der Waals surface area contributed by atoms with Crippen molar-refractivity contribution in [3.8, 4) is 0 Å². The summed E-state index contributed by atoms with van der Waals surface area (Å²) in [7, 11) is 0. The van der Waals surface area contributed by atoms with E-state index in [0.29, 0.717) is 28.0 Å². The van der Waals surface area contributed by atoms with Crippen molar-refractivity contribution in [3.63, 3.8) is 0 Å². The van der Waals surface area contributed by atoms with Crippen molar-refractivity contribution in [1.82, 2.24) is 29.3 Å². The molecule has 0 unspecified atom stereocenters. The van der Waals surface area contributed by atoms with E-state index in [1.54, 1.807) is 23.0 Å². The standard InChI is InChI=1S/C23H25N7O2/c1-14-8-15(2)30(28-14)12-20(31)27-19-9-16(6-7-25-19)21(32)18-11-29(23(3,4)5)22-17(18)10-24-13-26-22/h6-11,13H,12H2,1-5H3,(H,25,27,31). The number of carbonyl (C=O) groups excluding carboxylic acids is 2. The molecule has 0 saturated heterocycles. The number of nitrogens with zero attached hydrogens (tertiary/aromatic N) is 6. The van der Waals surface area contributed by atoms with E-state index in [-0.39, 0.29) is 23.8 Å². The first-order valence-electron chi connectivity index (χ1n) is 10.3. The van der Waals surface area contributed by atoms with Gasteiger partial charge in [-0.1, -0.05) is 0 Å². The Hall–Kier alpha value is -3.88. The van der Waals surface area contributed by atoms with Gasteiger partial charge in [0.25, 0.3) is 0 Å². The zero-order valence-electron chi connectivity index (χ0n) is 18.7. The summed E-state index contributed by atoms with van der Waals surface area (Å²) in [6.07, 6.45) is 6.44. The van der Waals surface area contributed by atoms with Crippen molar-refractivity contribution in [2.45, 2.75) is 46.7 Å². The molecule has 4 aromatic rings. The maximum Gasteiger partial charge on any atom is 0.247 e. The van der Waals surface area contributed by atoms with Gasteiger partial charge >= 0.3 is 0 Å². The van der Waals surface area contributed by atoms with E-state index in [1.807, 2.05) is 51.4 Å². The Balaban J connectivity index is 1.60. The van der Waals surface area contributed by atoms with E-state index < -0.39 is 0 Å². The predicted octanol–water partition coefficient (Wildman–Crippen LogP) is 3.26. The molecular formula is C23H25N7O2. The molecule has 4 heterocycles. The van der Waals surface area contributed by atoms with E-state index in [1.165, 1.54) is 12.5 Å². The molecule has 0 fully saturated rings. The Labute approximate surface area is 185 Å². The molecule has 164 valence electrons. The van der Waals surface area contributed by atoms with Gasteiger partial charge in [-0.15, -0.1) is 0 Å². The Morgan fingerprint density at radius 2 is 1.91 bits per heavy atom. The molecule has 0 saturated carbocycles. The fourth-order valence-corrected chi connectivity index (χ4v) is 3.61. The number of aromatic nitrogens is 6. The van der Waals surface area contributed by atoms with E-state index in [9.17, 15) is 9.59 Å². The van der Waals surface area contributed by atoms with E-state index in [4.69, 9.17) is 0 Å². The molecular weight excluding hydrogens is 406 g/mol. The van der Waals surface area contributed by atoms with Crippen molar-refractivity contribution in [2.75, 3.05) is 5.32 Å². The van der Waals surface area contributed by atoms with Crippen LogP contribution in [0, 0.1) is 13.8 Å². The first kappa shape index (κ1) is 21.4. The Morgan fingerprint density at radius 3 is 2.59 bits per heavy atom. The van der Waals surface area contributed by atoms with Crippen LogP contribution in [0.2, 0.25) is 0 Å². The largest absolute Gasteiger partial charge is 0.326 e. The minimum Gasteiger partial charge on any atom is -0.326 e. The SMILES string of the molecule is Cc1cc(C)n(CC(=O)Nc2cc(C(=O)c3cn(C(C)(C)C)c4ncncc34)ccn2)n1. The quantitative estimate of drug-likeness (QED) is 0.486. The molecule has 32 heavy (non-hydrogen) atoms. The average molecular weight is 432 g/mol. The van der Waals surface area contributed by atoms with Crippen molar-refractivity contribution in [2.24, 2.45) is 0 Å². The summed E-state index contributed by atoms with van der Waals surface area (Å²) in [5, 5.41) is 7.72. The first-order valence-corrected chi connectivity index (χ1v) is 10.3. The van der Waals surface area contributed by atoms with Gasteiger partial charge in [-0.2, -0.15) is 5.10 Å². The summed E-state index contributed by atoms with van der Waals surface area (Å²) in [6.45, 7) is 9.97. The van der Waals surface area contributed by atoms with Gasteiger partial charge in [0.05, 0.1) is 11.3 Å². The second-order valence-corrected chi connectivity index (χ2v) is 8.74. The van der Waals surface area contributed by atoms with Gasteiger partial charge in [-0.05, 0) is 52.8 Å². The number of anilines is 1. The Kier molecular flexibility index (Phi) is 5.33. The lowest BCUT2D eigenvalue weighted by Gasteiger charge is -2.21. The monoisotopic (exact) mass is 431 g/mol. The predicted molar refractivity (Wildman–Crippen MR) is 121 cm³/mol. The molecule has 0 atom stereocenters. The maximum atomic E-state index is 13.4. The zero-order chi connectivity index (χ0) is 23.0. The van der Waals surface area contributed by atoms with Crippen LogP contribution in [0.3, 0.4) is 0 Å². The highest BCUT2D eigenvalue weighted by Gasteiger charge is 2.23. The number of carbonyl (C=O) groups is 2. The third-order valence-corrected chi connectivity index (χ3v) is 5.12. The summed E-state index contributed by atoms with van der Waals surface area (Å²) in [5.41, 5.74) is 3.10. The summed E-state index contributed by atoms with van der Waals surface area (Å²) < 4.78 is 3.59. The molecule has 4 aromatic heterocycles. The lowest BCUT2D eigenvalue weighted by atomic mass is 10.1. The smallest absolute Gasteiger partial charge is 0.247 e. The number of amides is 1. The van der Waals surface area contributed by atoms with Crippen LogP contribution in [-0.2, 0) is 16.9 Å². The highest BCUT2D eigenvalue weighted by atomic mass is 16.2. The van der Waals surface area contributed by atoms with Crippen LogP contribution in [0.1, 0.15) is 48.1 Å². The topological polar surface area (TPSA) is 108 Å². The second-order valence-electron chi connectivity index (χ2n) is 8.74. The number of hydrogen-bond acceptors (Lipinski definition) is 6. The third-order valence-electron chi connectivity index (χ3n) is 5.12. The molecule has 0 spiro atoms. The van der Waals surface area contributed by atoms with Gasteiger partial charge < -0.3 is 9.88 Å². The summed E-state index contributed by atoms with van der Waals surface area (Å²) in [6, 6.07) is 5.11. The normalized spacial score (nSPS) is 11.7. The van der Waals surface area contributed by atoms with Crippen molar-refractivity contribution in [3.05, 3.63) is 65.6 Å². The molecule has 9 nitrogen and oxygen atoms in total. The average Bonchev–Trinajstić information content (AvgIpc) is 3.27. The van der Waals surface area contributed by atoms with Gasteiger partial charge in [0.2, 0.25) is 5.91 Å². The van der Waals surface area contributed by atoms with E-state index >= 15 is 0 Å². The van der Waals surface area contributed by atoms with Crippen LogP contribution in [0.5, 0.6) is 0 Å². The molecule has 0 aromatic carbocycles. The molecule has 0 aliphatic heterocycles. The van der Waals surface area contributed by atoms with Gasteiger partial charge in [0.15, 0.2) is 5.78 Å². The lowest BCUT2D eigenvalue weighted by Crippen LogP contribution is -2.21. The van der Waals surface area contributed by atoms with E-state index in [0.717, 1.165) is 11.4 Å². The molecule has 0 aliphatic carbocycles. The van der Waals surface area contributed by atoms with Crippen LogP contribution in [0.25, 0.3) is 11.0 Å². The van der Waals surface area contributed by atoms with Gasteiger partial charge in [0.1, 0.15) is 24.3 Å². The van der Waals surface area contributed by atoms with Crippen molar-refractivity contribution in [1.29, 1.82) is 0 Å².